The molecule has 0 bridgehead atoms. The third kappa shape index (κ3) is 4.56. The van der Waals surface area contributed by atoms with Gasteiger partial charge in [0.25, 0.3) is 0 Å². The third-order valence-electron chi connectivity index (χ3n) is 3.97. The minimum absolute atomic E-state index is 0.0509. The van der Waals surface area contributed by atoms with Crippen molar-refractivity contribution in [3.63, 3.8) is 0 Å². The van der Waals surface area contributed by atoms with Gasteiger partial charge in [-0.05, 0) is 36.6 Å². The van der Waals surface area contributed by atoms with E-state index < -0.39 is 5.82 Å². The number of hydrogen-bond donors (Lipinski definition) is 2. The summed E-state index contributed by atoms with van der Waals surface area (Å²) in [4.78, 5) is 25.5. The maximum Gasteiger partial charge on any atom is 0.322 e. The average molecular weight is 341 g/mol. The lowest BCUT2D eigenvalue weighted by Gasteiger charge is -2.23. The van der Waals surface area contributed by atoms with Crippen molar-refractivity contribution >= 4 is 23.3 Å². The summed E-state index contributed by atoms with van der Waals surface area (Å²) in [7, 11) is 0. The van der Waals surface area contributed by atoms with Crippen molar-refractivity contribution in [3.8, 4) is 0 Å². The van der Waals surface area contributed by atoms with Crippen molar-refractivity contribution in [2.45, 2.75) is 32.4 Å². The van der Waals surface area contributed by atoms with Gasteiger partial charge in [0.05, 0.1) is 5.69 Å². The molecule has 0 radical (unpaired) electrons. The Bertz CT molecular complexity index is 775. The van der Waals surface area contributed by atoms with E-state index in [1.54, 1.807) is 4.90 Å². The van der Waals surface area contributed by atoms with Crippen LogP contribution < -0.4 is 10.6 Å². The van der Waals surface area contributed by atoms with E-state index in [2.05, 4.69) is 10.6 Å². The molecule has 3 rings (SSSR count). The molecular weight excluding hydrogens is 321 g/mol. The molecule has 0 spiro atoms. The van der Waals surface area contributed by atoms with E-state index in [1.807, 2.05) is 30.3 Å². The number of nitrogens with one attached hydrogen (secondary N) is 2. The fourth-order valence-electron chi connectivity index (χ4n) is 2.62. The highest BCUT2D eigenvalue weighted by Crippen LogP contribution is 2.29. The van der Waals surface area contributed by atoms with E-state index >= 15 is 0 Å². The number of nitrogens with zero attached hydrogens (tertiary/aromatic N) is 1. The predicted molar refractivity (Wildman–Crippen MR) is 94.7 cm³/mol. The largest absolute Gasteiger partial charge is 0.326 e. The van der Waals surface area contributed by atoms with Crippen LogP contribution in [-0.2, 0) is 11.3 Å². The van der Waals surface area contributed by atoms with Crippen molar-refractivity contribution in [1.29, 1.82) is 0 Å². The van der Waals surface area contributed by atoms with Crippen LogP contribution in [0.25, 0.3) is 0 Å². The summed E-state index contributed by atoms with van der Waals surface area (Å²) in [5.41, 5.74) is 1.51. The first kappa shape index (κ1) is 17.0. The molecule has 0 saturated heterocycles. The first-order valence-corrected chi connectivity index (χ1v) is 8.21. The van der Waals surface area contributed by atoms with Crippen LogP contribution in [0.4, 0.5) is 20.6 Å². The Balaban J connectivity index is 1.74. The summed E-state index contributed by atoms with van der Waals surface area (Å²) in [6.07, 6.45) is 1.91. The highest BCUT2D eigenvalue weighted by atomic mass is 19.1. The Morgan fingerprint density at radius 3 is 2.48 bits per heavy atom. The van der Waals surface area contributed by atoms with E-state index in [4.69, 9.17) is 0 Å². The normalized spacial score (nSPS) is 13.2. The average Bonchev–Trinajstić information content (AvgIpc) is 3.41. The number of halogens is 1. The van der Waals surface area contributed by atoms with Gasteiger partial charge in [0.15, 0.2) is 0 Å². The van der Waals surface area contributed by atoms with Gasteiger partial charge >= 0.3 is 6.03 Å². The Hall–Kier alpha value is -2.89. The number of carbonyl (C=O) groups excluding carboxylic acids is 2. The number of hydrogen-bond acceptors (Lipinski definition) is 2. The van der Waals surface area contributed by atoms with Crippen LogP contribution in [0.15, 0.2) is 48.5 Å². The van der Waals surface area contributed by atoms with Crippen molar-refractivity contribution < 1.29 is 14.0 Å². The highest BCUT2D eigenvalue weighted by Gasteiger charge is 2.32. The number of anilines is 2. The summed E-state index contributed by atoms with van der Waals surface area (Å²) >= 11 is 0. The molecule has 1 saturated carbocycles. The summed E-state index contributed by atoms with van der Waals surface area (Å²) in [6, 6.07) is 13.6. The molecule has 6 heteroatoms. The molecule has 1 aliphatic rings. The summed E-state index contributed by atoms with van der Waals surface area (Å²) < 4.78 is 14.0. The monoisotopic (exact) mass is 341 g/mol. The second-order valence-corrected chi connectivity index (χ2v) is 6.15. The van der Waals surface area contributed by atoms with Crippen LogP contribution in [0.1, 0.15) is 25.3 Å². The zero-order valence-electron chi connectivity index (χ0n) is 14.0. The van der Waals surface area contributed by atoms with Crippen molar-refractivity contribution in [2.24, 2.45) is 0 Å². The Labute approximate surface area is 145 Å². The molecular formula is C19H20FN3O2. The maximum atomic E-state index is 14.0. The molecule has 2 N–H and O–H groups in total. The lowest BCUT2D eigenvalue weighted by molar-refractivity contribution is -0.114. The zero-order valence-corrected chi connectivity index (χ0v) is 14.0. The van der Waals surface area contributed by atoms with E-state index in [1.165, 1.54) is 25.1 Å². The van der Waals surface area contributed by atoms with E-state index in [9.17, 15) is 14.0 Å². The molecule has 0 aliphatic heterocycles. The maximum absolute atomic E-state index is 14.0. The van der Waals surface area contributed by atoms with Gasteiger partial charge in [0.1, 0.15) is 5.82 Å². The minimum atomic E-state index is -0.544. The molecule has 0 aromatic heterocycles. The lowest BCUT2D eigenvalue weighted by atomic mass is 10.2. The molecule has 1 fully saturated rings. The Morgan fingerprint density at radius 1 is 1.12 bits per heavy atom. The summed E-state index contributed by atoms with van der Waals surface area (Å²) in [5.74, 6) is -0.800. The van der Waals surface area contributed by atoms with E-state index in [0.29, 0.717) is 12.2 Å². The van der Waals surface area contributed by atoms with Crippen LogP contribution in [0.2, 0.25) is 0 Å². The van der Waals surface area contributed by atoms with Gasteiger partial charge in [-0.2, -0.15) is 0 Å². The molecule has 0 atom stereocenters. The number of carbonyl (C=O) groups is 2. The molecule has 2 aromatic carbocycles. The van der Waals surface area contributed by atoms with Crippen molar-refractivity contribution in [2.75, 3.05) is 10.6 Å². The number of rotatable bonds is 5. The van der Waals surface area contributed by atoms with Crippen LogP contribution in [0.3, 0.4) is 0 Å². The molecule has 1 aliphatic carbocycles. The predicted octanol–water partition coefficient (Wildman–Crippen LogP) is 3.98. The molecule has 25 heavy (non-hydrogen) atoms. The molecule has 0 unspecified atom stereocenters. The second kappa shape index (κ2) is 7.34. The SMILES string of the molecule is CC(=O)Nc1ccc(F)c(NC(=O)N(Cc2ccccc2)C2CC2)c1. The molecule has 130 valence electrons. The smallest absolute Gasteiger partial charge is 0.322 e. The fourth-order valence-corrected chi connectivity index (χ4v) is 2.62. The van der Waals surface area contributed by atoms with Crippen LogP contribution in [0.5, 0.6) is 0 Å². The summed E-state index contributed by atoms with van der Waals surface area (Å²) in [5, 5.41) is 5.21. The van der Waals surface area contributed by atoms with Gasteiger partial charge in [0.2, 0.25) is 5.91 Å². The van der Waals surface area contributed by atoms with Crippen molar-refractivity contribution in [1.82, 2.24) is 4.90 Å². The van der Waals surface area contributed by atoms with Gasteiger partial charge in [-0.3, -0.25) is 4.79 Å². The number of amides is 3. The highest BCUT2D eigenvalue weighted by molar-refractivity contribution is 5.93. The van der Waals surface area contributed by atoms with E-state index in [-0.39, 0.29) is 23.7 Å². The first-order valence-electron chi connectivity index (χ1n) is 8.21. The number of benzene rings is 2. The van der Waals surface area contributed by atoms with Crippen molar-refractivity contribution in [3.05, 3.63) is 59.9 Å². The van der Waals surface area contributed by atoms with E-state index in [0.717, 1.165) is 18.4 Å². The van der Waals surface area contributed by atoms with Crippen LogP contribution in [0, 0.1) is 5.82 Å². The van der Waals surface area contributed by atoms with Gasteiger partial charge in [-0.1, -0.05) is 30.3 Å². The Kier molecular flexibility index (Phi) is 4.97. The molecule has 3 amide bonds. The summed E-state index contributed by atoms with van der Waals surface area (Å²) in [6.45, 7) is 1.85. The quantitative estimate of drug-likeness (QED) is 0.864. The standard InChI is InChI=1S/C19H20FN3O2/c1-13(24)21-15-7-10-17(20)18(11-15)22-19(25)23(16-8-9-16)12-14-5-3-2-4-6-14/h2-7,10-11,16H,8-9,12H2,1H3,(H,21,24)(H,22,25). The van der Waals surface area contributed by atoms with Crippen LogP contribution >= 0.6 is 0 Å². The lowest BCUT2D eigenvalue weighted by Crippen LogP contribution is -2.36. The number of urea groups is 1. The topological polar surface area (TPSA) is 61.4 Å². The molecule has 5 nitrogen and oxygen atoms in total. The van der Waals surface area contributed by atoms with Gasteiger partial charge < -0.3 is 15.5 Å². The third-order valence-corrected chi connectivity index (χ3v) is 3.97. The van der Waals surface area contributed by atoms with Gasteiger partial charge in [0, 0.05) is 25.2 Å². The minimum Gasteiger partial charge on any atom is -0.326 e. The van der Waals surface area contributed by atoms with Crippen LogP contribution in [-0.4, -0.2) is 22.9 Å². The fraction of sp³-hybridized carbons (Fsp3) is 0.263. The molecule has 2 aromatic rings. The molecule has 0 heterocycles. The van der Waals surface area contributed by atoms with Gasteiger partial charge in [-0.25, -0.2) is 9.18 Å². The Morgan fingerprint density at radius 2 is 1.84 bits per heavy atom. The van der Waals surface area contributed by atoms with Gasteiger partial charge in [-0.15, -0.1) is 0 Å². The first-order chi connectivity index (χ1) is 12.0. The zero-order chi connectivity index (χ0) is 17.8. The second-order valence-electron chi connectivity index (χ2n) is 6.15.